The summed E-state index contributed by atoms with van der Waals surface area (Å²) in [5, 5.41) is 1.89. The molecule has 3 heteroatoms. The molecule has 0 radical (unpaired) electrons. The molecule has 0 aromatic carbocycles. The zero-order valence-electron chi connectivity index (χ0n) is 8.45. The topological polar surface area (TPSA) is 41.6 Å². The molecule has 0 bridgehead atoms. The third kappa shape index (κ3) is 2.30. The third-order valence-corrected chi connectivity index (χ3v) is 2.78. The van der Waals surface area contributed by atoms with Crippen LogP contribution in [0.3, 0.4) is 0 Å². The van der Waals surface area contributed by atoms with Crippen LogP contribution in [-0.2, 0) is 0 Å². The first-order valence-corrected chi connectivity index (χ1v) is 5.24. The molecule has 0 atom stereocenters. The lowest BCUT2D eigenvalue weighted by molar-refractivity contribution is 0.263. The standard InChI is InChI=1S/C11H17N3/c12-14-8-5-10(6-9-14)11-4-2-1-3-7-13-11/h1-2,7H,3-6,8-9,12H2. The van der Waals surface area contributed by atoms with Crippen LogP contribution in [0.25, 0.3) is 0 Å². The molecule has 2 rings (SSSR count). The van der Waals surface area contributed by atoms with Crippen molar-refractivity contribution in [3.05, 3.63) is 23.4 Å². The molecule has 0 aromatic heterocycles. The Morgan fingerprint density at radius 3 is 2.79 bits per heavy atom. The van der Waals surface area contributed by atoms with Gasteiger partial charge in [-0.3, -0.25) is 10.8 Å². The van der Waals surface area contributed by atoms with Gasteiger partial charge in [-0.15, -0.1) is 0 Å². The van der Waals surface area contributed by atoms with Crippen LogP contribution in [0.2, 0.25) is 0 Å². The Hall–Kier alpha value is -0.930. The van der Waals surface area contributed by atoms with E-state index in [1.165, 1.54) is 11.3 Å². The second kappa shape index (κ2) is 4.53. The largest absolute Gasteiger partial charge is 0.269 e. The number of nitrogens with two attached hydrogens (primary N) is 1. The molecule has 0 saturated carbocycles. The van der Waals surface area contributed by atoms with Gasteiger partial charge in [0, 0.05) is 37.8 Å². The van der Waals surface area contributed by atoms with Crippen molar-refractivity contribution in [3.63, 3.8) is 0 Å². The highest BCUT2D eigenvalue weighted by Crippen LogP contribution is 2.22. The summed E-state index contributed by atoms with van der Waals surface area (Å²) >= 11 is 0. The lowest BCUT2D eigenvalue weighted by Gasteiger charge is -2.24. The van der Waals surface area contributed by atoms with E-state index < -0.39 is 0 Å². The van der Waals surface area contributed by atoms with Crippen LogP contribution in [0.4, 0.5) is 0 Å². The van der Waals surface area contributed by atoms with Crippen LogP contribution >= 0.6 is 0 Å². The summed E-state index contributed by atoms with van der Waals surface area (Å²) in [6, 6.07) is 0. The lowest BCUT2D eigenvalue weighted by Crippen LogP contribution is -2.36. The Labute approximate surface area is 85.0 Å². The third-order valence-electron chi connectivity index (χ3n) is 2.78. The van der Waals surface area contributed by atoms with Crippen LogP contribution in [0.1, 0.15) is 25.7 Å². The summed E-state index contributed by atoms with van der Waals surface area (Å²) in [5.74, 6) is 5.72. The van der Waals surface area contributed by atoms with Gasteiger partial charge in [0.05, 0.1) is 0 Å². The van der Waals surface area contributed by atoms with Gasteiger partial charge in [0.2, 0.25) is 0 Å². The van der Waals surface area contributed by atoms with E-state index in [1.54, 1.807) is 0 Å². The molecule has 0 aliphatic carbocycles. The normalized spacial score (nSPS) is 24.1. The van der Waals surface area contributed by atoms with Crippen molar-refractivity contribution in [2.75, 3.05) is 13.1 Å². The smallest absolute Gasteiger partial charge is 0.0430 e. The second-order valence-corrected chi connectivity index (χ2v) is 3.81. The second-order valence-electron chi connectivity index (χ2n) is 3.81. The maximum Gasteiger partial charge on any atom is 0.0430 e. The van der Waals surface area contributed by atoms with Crippen molar-refractivity contribution in [1.29, 1.82) is 0 Å². The van der Waals surface area contributed by atoms with E-state index >= 15 is 0 Å². The first kappa shape index (κ1) is 9.62. The fourth-order valence-corrected chi connectivity index (χ4v) is 1.89. The Bertz CT molecular complexity index is 279. The molecule has 2 heterocycles. The minimum atomic E-state index is 0.970. The van der Waals surface area contributed by atoms with Crippen molar-refractivity contribution < 1.29 is 0 Å². The number of aliphatic imine (C=N–C) groups is 1. The summed E-state index contributed by atoms with van der Waals surface area (Å²) < 4.78 is 0. The van der Waals surface area contributed by atoms with Gasteiger partial charge in [-0.25, -0.2) is 5.01 Å². The fourth-order valence-electron chi connectivity index (χ4n) is 1.89. The molecule has 76 valence electrons. The maximum atomic E-state index is 5.72. The molecule has 2 aliphatic rings. The molecular weight excluding hydrogens is 174 g/mol. The number of rotatable bonds is 0. The minimum absolute atomic E-state index is 0.970. The maximum absolute atomic E-state index is 5.72. The van der Waals surface area contributed by atoms with E-state index in [1.807, 2.05) is 11.2 Å². The summed E-state index contributed by atoms with van der Waals surface area (Å²) in [6.07, 6.45) is 10.5. The fraction of sp³-hybridized carbons (Fsp3) is 0.545. The molecular formula is C11H17N3. The molecule has 0 spiro atoms. The number of hydrogen-bond donors (Lipinski definition) is 1. The quantitative estimate of drug-likeness (QED) is 0.467. The highest BCUT2D eigenvalue weighted by atomic mass is 15.4. The highest BCUT2D eigenvalue weighted by Gasteiger charge is 2.13. The number of hydrogen-bond acceptors (Lipinski definition) is 3. The van der Waals surface area contributed by atoms with Gasteiger partial charge in [-0.2, -0.15) is 0 Å². The van der Waals surface area contributed by atoms with Crippen molar-refractivity contribution >= 4 is 6.21 Å². The van der Waals surface area contributed by atoms with E-state index in [4.69, 9.17) is 5.84 Å². The molecule has 0 unspecified atom stereocenters. The summed E-state index contributed by atoms with van der Waals surface area (Å²) in [6.45, 7) is 1.94. The van der Waals surface area contributed by atoms with Crippen LogP contribution in [-0.4, -0.2) is 24.3 Å². The number of allylic oxidation sites excluding steroid dienone is 2. The van der Waals surface area contributed by atoms with Crippen LogP contribution in [0.15, 0.2) is 28.4 Å². The van der Waals surface area contributed by atoms with Crippen molar-refractivity contribution in [2.24, 2.45) is 10.8 Å². The summed E-state index contributed by atoms with van der Waals surface area (Å²) in [5.41, 5.74) is 2.77. The van der Waals surface area contributed by atoms with Gasteiger partial charge in [-0.1, -0.05) is 12.2 Å². The van der Waals surface area contributed by atoms with E-state index in [9.17, 15) is 0 Å². The molecule has 2 aliphatic heterocycles. The average Bonchev–Trinajstić information content (AvgIpc) is 2.47. The average molecular weight is 191 g/mol. The van der Waals surface area contributed by atoms with Crippen molar-refractivity contribution in [3.8, 4) is 0 Å². The van der Waals surface area contributed by atoms with E-state index in [0.29, 0.717) is 0 Å². The Morgan fingerprint density at radius 2 is 2.00 bits per heavy atom. The molecule has 1 saturated heterocycles. The first-order valence-electron chi connectivity index (χ1n) is 5.24. The lowest BCUT2D eigenvalue weighted by atomic mass is 10.0. The number of piperidine rings is 1. The molecule has 1 fully saturated rings. The van der Waals surface area contributed by atoms with Crippen LogP contribution in [0, 0.1) is 0 Å². The number of nitrogens with zero attached hydrogens (tertiary/aromatic N) is 2. The van der Waals surface area contributed by atoms with Gasteiger partial charge in [0.1, 0.15) is 0 Å². The summed E-state index contributed by atoms with van der Waals surface area (Å²) in [4.78, 5) is 4.50. The van der Waals surface area contributed by atoms with Crippen LogP contribution in [0.5, 0.6) is 0 Å². The zero-order chi connectivity index (χ0) is 9.80. The predicted octanol–water partition coefficient (Wildman–Crippen LogP) is 1.63. The van der Waals surface area contributed by atoms with Crippen molar-refractivity contribution in [2.45, 2.75) is 25.7 Å². The van der Waals surface area contributed by atoms with Gasteiger partial charge < -0.3 is 0 Å². The zero-order valence-corrected chi connectivity index (χ0v) is 8.45. The predicted molar refractivity (Wildman–Crippen MR) is 58.9 cm³/mol. The molecule has 0 amide bonds. The van der Waals surface area contributed by atoms with Gasteiger partial charge >= 0.3 is 0 Å². The SMILES string of the molecule is NN1CCC(=C2CC=CCC=N2)CC1. The molecule has 14 heavy (non-hydrogen) atoms. The van der Waals surface area contributed by atoms with Crippen molar-refractivity contribution in [1.82, 2.24) is 5.01 Å². The number of hydrazine groups is 1. The molecule has 3 nitrogen and oxygen atoms in total. The first-order chi connectivity index (χ1) is 6.86. The van der Waals surface area contributed by atoms with Crippen LogP contribution < -0.4 is 5.84 Å². The van der Waals surface area contributed by atoms with E-state index in [-0.39, 0.29) is 0 Å². The van der Waals surface area contributed by atoms with E-state index in [2.05, 4.69) is 17.1 Å². The Kier molecular flexibility index (Phi) is 3.11. The van der Waals surface area contributed by atoms with Gasteiger partial charge in [0.15, 0.2) is 0 Å². The monoisotopic (exact) mass is 191 g/mol. The summed E-state index contributed by atoms with van der Waals surface area (Å²) in [7, 11) is 0. The Balaban J connectivity index is 2.10. The highest BCUT2D eigenvalue weighted by molar-refractivity contribution is 5.62. The molecule has 0 aromatic rings. The Morgan fingerprint density at radius 1 is 1.21 bits per heavy atom. The molecule has 2 N–H and O–H groups in total. The van der Waals surface area contributed by atoms with Gasteiger partial charge in [0.25, 0.3) is 0 Å². The van der Waals surface area contributed by atoms with E-state index in [0.717, 1.165) is 38.8 Å². The minimum Gasteiger partial charge on any atom is -0.269 e. The van der Waals surface area contributed by atoms with Gasteiger partial charge in [-0.05, 0) is 18.4 Å².